The van der Waals surface area contributed by atoms with Gasteiger partial charge in [-0.05, 0) is 38.2 Å². The molecule has 0 aliphatic rings. The minimum Gasteiger partial charge on any atom is -0.209 e. The summed E-state index contributed by atoms with van der Waals surface area (Å²) in [7, 11) is 0. The molecule has 6 rings (SSSR count). The van der Waals surface area contributed by atoms with Crippen LogP contribution < -0.4 is 0 Å². The van der Waals surface area contributed by atoms with Crippen LogP contribution in [0.5, 0.6) is 0 Å². The highest BCUT2D eigenvalue weighted by atomic mass is 15.6. The molecule has 178 valence electrons. The molecular formula is C33H26N4. The van der Waals surface area contributed by atoms with Crippen LogP contribution in [-0.2, 0) is 5.54 Å². The van der Waals surface area contributed by atoms with E-state index in [-0.39, 0.29) is 5.92 Å². The largest absolute Gasteiger partial charge is 0.209 e. The SMILES string of the molecule is c1ccc(C(c2ccccc2)c2nnnn2C(c2ccccc2)(c2ccccc2)c2ccccc2)cc1. The highest BCUT2D eigenvalue weighted by Crippen LogP contribution is 2.43. The van der Waals surface area contributed by atoms with Crippen LogP contribution >= 0.6 is 0 Å². The van der Waals surface area contributed by atoms with Gasteiger partial charge in [0.05, 0.1) is 5.92 Å². The van der Waals surface area contributed by atoms with Crippen molar-refractivity contribution in [3.8, 4) is 0 Å². The predicted octanol–water partition coefficient (Wildman–Crippen LogP) is 6.69. The Morgan fingerprint density at radius 1 is 0.459 bits per heavy atom. The third kappa shape index (κ3) is 4.03. The molecule has 6 aromatic rings. The first-order valence-corrected chi connectivity index (χ1v) is 12.4. The van der Waals surface area contributed by atoms with Crippen molar-refractivity contribution in [3.05, 3.63) is 185 Å². The smallest absolute Gasteiger partial charge is 0.164 e. The zero-order chi connectivity index (χ0) is 24.9. The molecule has 0 spiro atoms. The molecule has 1 heterocycles. The van der Waals surface area contributed by atoms with E-state index in [2.05, 4.69) is 127 Å². The van der Waals surface area contributed by atoms with E-state index in [0.29, 0.717) is 0 Å². The van der Waals surface area contributed by atoms with E-state index >= 15 is 0 Å². The fraction of sp³-hybridized carbons (Fsp3) is 0.0606. The number of hydrogen-bond donors (Lipinski definition) is 0. The van der Waals surface area contributed by atoms with Crippen molar-refractivity contribution in [1.29, 1.82) is 0 Å². The van der Waals surface area contributed by atoms with E-state index in [4.69, 9.17) is 10.3 Å². The van der Waals surface area contributed by atoms with E-state index in [9.17, 15) is 0 Å². The first-order chi connectivity index (χ1) is 18.4. The van der Waals surface area contributed by atoms with E-state index in [1.807, 2.05) is 35.0 Å². The summed E-state index contributed by atoms with van der Waals surface area (Å²) in [5.74, 6) is 0.613. The van der Waals surface area contributed by atoms with Gasteiger partial charge in [-0.1, -0.05) is 152 Å². The standard InChI is InChI=1S/C33H26N4/c1-6-16-26(17-7-1)31(27-18-8-2-9-19-27)32-34-35-36-37(32)33(28-20-10-3-11-21-28,29-22-12-4-13-23-29)30-24-14-5-15-25-30/h1-25,31H. The zero-order valence-corrected chi connectivity index (χ0v) is 20.3. The van der Waals surface area contributed by atoms with Gasteiger partial charge in [0.15, 0.2) is 5.82 Å². The van der Waals surface area contributed by atoms with Crippen molar-refractivity contribution >= 4 is 0 Å². The quantitative estimate of drug-likeness (QED) is 0.240. The van der Waals surface area contributed by atoms with Crippen molar-refractivity contribution in [2.24, 2.45) is 0 Å². The molecule has 1 aromatic heterocycles. The molecule has 0 atom stereocenters. The van der Waals surface area contributed by atoms with Gasteiger partial charge in [0.2, 0.25) is 0 Å². The summed E-state index contributed by atoms with van der Waals surface area (Å²) in [6.45, 7) is 0. The lowest BCUT2D eigenvalue weighted by Crippen LogP contribution is -2.40. The zero-order valence-electron chi connectivity index (χ0n) is 20.3. The predicted molar refractivity (Wildman–Crippen MR) is 146 cm³/mol. The first kappa shape index (κ1) is 22.6. The normalized spacial score (nSPS) is 11.5. The van der Waals surface area contributed by atoms with Crippen molar-refractivity contribution < 1.29 is 0 Å². The van der Waals surface area contributed by atoms with Crippen LogP contribution in [0, 0.1) is 0 Å². The Bertz CT molecular complexity index is 1410. The van der Waals surface area contributed by atoms with Gasteiger partial charge < -0.3 is 0 Å². The summed E-state index contributed by atoms with van der Waals surface area (Å²) in [5.41, 5.74) is 4.73. The molecule has 0 radical (unpaired) electrons. The van der Waals surface area contributed by atoms with Crippen LogP contribution in [0.3, 0.4) is 0 Å². The third-order valence-corrected chi connectivity index (χ3v) is 6.91. The summed E-state index contributed by atoms with van der Waals surface area (Å²) < 4.78 is 2.03. The minimum absolute atomic E-state index is 0.159. The average Bonchev–Trinajstić information content (AvgIpc) is 3.46. The lowest BCUT2D eigenvalue weighted by Gasteiger charge is -2.37. The highest BCUT2D eigenvalue weighted by Gasteiger charge is 2.43. The topological polar surface area (TPSA) is 43.6 Å². The summed E-state index contributed by atoms with van der Waals surface area (Å²) in [4.78, 5) is 0. The second-order valence-electron chi connectivity index (χ2n) is 9.01. The lowest BCUT2D eigenvalue weighted by molar-refractivity contribution is 0.428. The third-order valence-electron chi connectivity index (χ3n) is 6.91. The van der Waals surface area contributed by atoms with Crippen LogP contribution in [0.1, 0.15) is 39.6 Å². The molecule has 0 unspecified atom stereocenters. The van der Waals surface area contributed by atoms with Crippen LogP contribution in [0.2, 0.25) is 0 Å². The van der Waals surface area contributed by atoms with Crippen molar-refractivity contribution in [2.75, 3.05) is 0 Å². The second-order valence-corrected chi connectivity index (χ2v) is 9.01. The number of aromatic nitrogens is 4. The van der Waals surface area contributed by atoms with Gasteiger partial charge in [-0.2, -0.15) is 0 Å². The Kier molecular flexibility index (Phi) is 6.14. The maximum atomic E-state index is 4.75. The van der Waals surface area contributed by atoms with Gasteiger partial charge >= 0.3 is 0 Å². The highest BCUT2D eigenvalue weighted by molar-refractivity contribution is 5.51. The molecule has 0 amide bonds. The maximum Gasteiger partial charge on any atom is 0.164 e. The van der Waals surface area contributed by atoms with Gasteiger partial charge in [-0.25, -0.2) is 4.68 Å². The minimum atomic E-state index is -0.787. The summed E-state index contributed by atoms with van der Waals surface area (Å²) in [6, 6.07) is 52.5. The second kappa shape index (κ2) is 10.0. The lowest BCUT2D eigenvalue weighted by atomic mass is 9.76. The molecule has 0 N–H and O–H groups in total. The molecule has 4 heteroatoms. The Labute approximate surface area is 216 Å². The fourth-order valence-corrected chi connectivity index (χ4v) is 5.30. The van der Waals surface area contributed by atoms with E-state index in [1.54, 1.807) is 0 Å². The first-order valence-electron chi connectivity index (χ1n) is 12.4. The molecule has 0 saturated carbocycles. The number of tetrazole rings is 1. The number of hydrogen-bond acceptors (Lipinski definition) is 3. The monoisotopic (exact) mass is 478 g/mol. The molecule has 5 aromatic carbocycles. The Morgan fingerprint density at radius 3 is 1.19 bits per heavy atom. The van der Waals surface area contributed by atoms with Crippen LogP contribution in [0.25, 0.3) is 0 Å². The van der Waals surface area contributed by atoms with Crippen molar-refractivity contribution in [3.63, 3.8) is 0 Å². The van der Waals surface area contributed by atoms with Crippen LogP contribution in [0.15, 0.2) is 152 Å². The maximum absolute atomic E-state index is 4.75. The fourth-order valence-electron chi connectivity index (χ4n) is 5.30. The van der Waals surface area contributed by atoms with Crippen LogP contribution in [-0.4, -0.2) is 20.2 Å². The summed E-state index contributed by atoms with van der Waals surface area (Å²) in [5, 5.41) is 13.8. The molecule has 0 bridgehead atoms. The summed E-state index contributed by atoms with van der Waals surface area (Å²) in [6.07, 6.45) is 0. The molecule has 0 aliphatic heterocycles. The Balaban J connectivity index is 1.71. The van der Waals surface area contributed by atoms with Crippen molar-refractivity contribution in [2.45, 2.75) is 11.5 Å². The van der Waals surface area contributed by atoms with Gasteiger partial charge in [0.25, 0.3) is 0 Å². The molecule has 4 nitrogen and oxygen atoms in total. The Morgan fingerprint density at radius 2 is 0.811 bits per heavy atom. The molecular weight excluding hydrogens is 452 g/mol. The van der Waals surface area contributed by atoms with E-state index in [0.717, 1.165) is 33.6 Å². The van der Waals surface area contributed by atoms with Crippen molar-refractivity contribution in [1.82, 2.24) is 20.2 Å². The van der Waals surface area contributed by atoms with E-state index < -0.39 is 5.54 Å². The van der Waals surface area contributed by atoms with Crippen LogP contribution in [0.4, 0.5) is 0 Å². The molecule has 0 aliphatic carbocycles. The number of nitrogens with zero attached hydrogens (tertiary/aromatic N) is 4. The van der Waals surface area contributed by atoms with Gasteiger partial charge in [-0.15, -0.1) is 5.10 Å². The van der Waals surface area contributed by atoms with Gasteiger partial charge in [0.1, 0.15) is 5.54 Å². The molecule has 0 saturated heterocycles. The molecule has 37 heavy (non-hydrogen) atoms. The van der Waals surface area contributed by atoms with Gasteiger partial charge in [0, 0.05) is 0 Å². The van der Waals surface area contributed by atoms with E-state index in [1.165, 1.54) is 0 Å². The number of rotatable bonds is 7. The summed E-state index contributed by atoms with van der Waals surface area (Å²) >= 11 is 0. The van der Waals surface area contributed by atoms with Gasteiger partial charge in [-0.3, -0.25) is 0 Å². The molecule has 0 fully saturated rings. The Hall–Kier alpha value is -4.83. The average molecular weight is 479 g/mol. The number of benzene rings is 5.